The van der Waals surface area contributed by atoms with Crippen LogP contribution in [0.15, 0.2) is 0 Å². The highest BCUT2D eigenvalue weighted by molar-refractivity contribution is 7.99. The van der Waals surface area contributed by atoms with Crippen LogP contribution >= 0.6 is 11.8 Å². The van der Waals surface area contributed by atoms with E-state index in [-0.39, 0.29) is 19.3 Å². The molecule has 1 aliphatic carbocycles. The average Bonchev–Trinajstić information content (AvgIpc) is 2.62. The van der Waals surface area contributed by atoms with Crippen LogP contribution in [0.4, 0.5) is 4.79 Å². The monoisotopic (exact) mass is 219 g/mol. The summed E-state index contributed by atoms with van der Waals surface area (Å²) in [7, 11) is 0. The molecule has 5 heteroatoms. The van der Waals surface area contributed by atoms with Gasteiger partial charge in [-0.3, -0.25) is 0 Å². The number of aliphatic hydroxyl groups is 1. The third kappa shape index (κ3) is 3.75. The van der Waals surface area contributed by atoms with Gasteiger partial charge in [-0.1, -0.05) is 0 Å². The summed E-state index contributed by atoms with van der Waals surface area (Å²) < 4.78 is 4.72. The van der Waals surface area contributed by atoms with Gasteiger partial charge in [-0.25, -0.2) is 4.79 Å². The molecule has 0 aromatic carbocycles. The van der Waals surface area contributed by atoms with Gasteiger partial charge in [0.25, 0.3) is 0 Å². The quantitative estimate of drug-likeness (QED) is 0.740. The molecule has 14 heavy (non-hydrogen) atoms. The molecule has 0 bridgehead atoms. The molecule has 0 aliphatic heterocycles. The molecule has 82 valence electrons. The Morgan fingerprint density at radius 2 is 2.43 bits per heavy atom. The molecular weight excluding hydrogens is 202 g/mol. The second-order valence-corrected chi connectivity index (χ2v) is 4.51. The Bertz CT molecular complexity index is 189. The minimum atomic E-state index is -0.411. The number of carbonyl (C=O) groups is 1. The first kappa shape index (κ1) is 11.7. The van der Waals surface area contributed by atoms with E-state index < -0.39 is 6.09 Å². The molecule has 0 spiro atoms. The Labute approximate surface area is 88.4 Å². The summed E-state index contributed by atoms with van der Waals surface area (Å²) in [6.07, 6.45) is 4.89. The van der Waals surface area contributed by atoms with Crippen molar-refractivity contribution in [2.45, 2.75) is 30.6 Å². The van der Waals surface area contributed by atoms with Crippen molar-refractivity contribution in [2.24, 2.45) is 0 Å². The topological polar surface area (TPSA) is 58.6 Å². The third-order valence-electron chi connectivity index (χ3n) is 2.36. The molecule has 4 nitrogen and oxygen atoms in total. The van der Waals surface area contributed by atoms with Gasteiger partial charge in [0.1, 0.15) is 6.61 Å². The van der Waals surface area contributed by atoms with Crippen LogP contribution in [0, 0.1) is 0 Å². The van der Waals surface area contributed by atoms with E-state index in [1.165, 1.54) is 0 Å². The molecule has 1 aliphatic rings. The summed E-state index contributed by atoms with van der Waals surface area (Å²) in [5, 5.41) is 11.9. The lowest BCUT2D eigenvalue weighted by molar-refractivity contribution is 0.116. The highest BCUT2D eigenvalue weighted by atomic mass is 32.2. The first-order valence-electron chi connectivity index (χ1n) is 4.83. The summed E-state index contributed by atoms with van der Waals surface area (Å²) in [5.41, 5.74) is 0. The zero-order valence-electron chi connectivity index (χ0n) is 8.36. The Kier molecular flexibility index (Phi) is 5.11. The maximum atomic E-state index is 11.1. The lowest BCUT2D eigenvalue weighted by atomic mass is 10.3. The van der Waals surface area contributed by atoms with E-state index in [0.29, 0.717) is 5.25 Å². The van der Waals surface area contributed by atoms with Crippen LogP contribution in [0.1, 0.15) is 19.3 Å². The second kappa shape index (κ2) is 6.14. The SMILES string of the molecule is CSC1CCC(NC(=O)OCCO)C1. The summed E-state index contributed by atoms with van der Waals surface area (Å²) in [4.78, 5) is 11.1. The second-order valence-electron chi connectivity index (χ2n) is 3.37. The van der Waals surface area contributed by atoms with Crippen molar-refractivity contribution in [1.82, 2.24) is 5.32 Å². The summed E-state index contributed by atoms with van der Waals surface area (Å²) in [6, 6.07) is 0.249. The van der Waals surface area contributed by atoms with Crippen LogP contribution in [-0.2, 0) is 4.74 Å². The standard InChI is InChI=1S/C9H17NO3S/c1-14-8-3-2-7(6-8)10-9(12)13-5-4-11/h7-8,11H,2-6H2,1H3,(H,10,12). The number of ether oxygens (including phenoxy) is 1. The van der Waals surface area contributed by atoms with E-state index >= 15 is 0 Å². The number of hydrogen-bond donors (Lipinski definition) is 2. The van der Waals surface area contributed by atoms with E-state index in [0.717, 1.165) is 19.3 Å². The van der Waals surface area contributed by atoms with Crippen molar-refractivity contribution in [3.63, 3.8) is 0 Å². The van der Waals surface area contributed by atoms with Gasteiger partial charge in [-0.2, -0.15) is 11.8 Å². The number of nitrogens with one attached hydrogen (secondary N) is 1. The van der Waals surface area contributed by atoms with Gasteiger partial charge < -0.3 is 15.2 Å². The molecule has 1 fully saturated rings. The zero-order chi connectivity index (χ0) is 10.4. The van der Waals surface area contributed by atoms with Crippen LogP contribution < -0.4 is 5.32 Å². The first-order chi connectivity index (χ1) is 6.76. The third-order valence-corrected chi connectivity index (χ3v) is 3.46. The molecule has 0 heterocycles. The highest BCUT2D eigenvalue weighted by Crippen LogP contribution is 2.28. The molecule has 2 atom stereocenters. The number of alkyl carbamates (subject to hydrolysis) is 1. The van der Waals surface area contributed by atoms with Crippen LogP contribution in [0.3, 0.4) is 0 Å². The van der Waals surface area contributed by atoms with Crippen LogP contribution in [0.2, 0.25) is 0 Å². The molecule has 1 rings (SSSR count). The molecule has 0 aromatic rings. The normalized spacial score (nSPS) is 26.1. The van der Waals surface area contributed by atoms with Crippen molar-refractivity contribution in [3.05, 3.63) is 0 Å². The van der Waals surface area contributed by atoms with Crippen molar-refractivity contribution < 1.29 is 14.6 Å². The molecule has 0 radical (unpaired) electrons. The first-order valence-corrected chi connectivity index (χ1v) is 6.12. The minimum absolute atomic E-state index is 0.0739. The predicted molar refractivity (Wildman–Crippen MR) is 56.5 cm³/mol. The Hall–Kier alpha value is -0.420. The van der Waals surface area contributed by atoms with Gasteiger partial charge in [-0.05, 0) is 25.5 Å². The fourth-order valence-corrected chi connectivity index (χ4v) is 2.43. The lowest BCUT2D eigenvalue weighted by Gasteiger charge is -2.12. The lowest BCUT2D eigenvalue weighted by Crippen LogP contribution is -2.34. The Balaban J connectivity index is 2.15. The predicted octanol–water partition coefficient (Wildman–Crippen LogP) is 0.989. The largest absolute Gasteiger partial charge is 0.447 e. The minimum Gasteiger partial charge on any atom is -0.447 e. The summed E-state index contributed by atoms with van der Waals surface area (Å²) in [6.45, 7) is -0.0456. The van der Waals surface area contributed by atoms with E-state index in [4.69, 9.17) is 9.84 Å². The number of amides is 1. The number of carbonyl (C=O) groups excluding carboxylic acids is 1. The van der Waals surface area contributed by atoms with Crippen LogP contribution in [0.5, 0.6) is 0 Å². The molecule has 2 N–H and O–H groups in total. The van der Waals surface area contributed by atoms with Crippen molar-refractivity contribution in [2.75, 3.05) is 19.5 Å². The van der Waals surface area contributed by atoms with Crippen molar-refractivity contribution in [1.29, 1.82) is 0 Å². The fourth-order valence-electron chi connectivity index (χ4n) is 1.63. The number of hydrogen-bond acceptors (Lipinski definition) is 4. The van der Waals surface area contributed by atoms with Gasteiger partial charge in [0.15, 0.2) is 0 Å². The van der Waals surface area contributed by atoms with E-state index in [1.54, 1.807) is 0 Å². The van der Waals surface area contributed by atoms with Gasteiger partial charge in [0.05, 0.1) is 6.61 Å². The number of thioether (sulfide) groups is 1. The Morgan fingerprint density at radius 3 is 3.00 bits per heavy atom. The van der Waals surface area contributed by atoms with Crippen molar-refractivity contribution >= 4 is 17.9 Å². The number of rotatable bonds is 4. The van der Waals surface area contributed by atoms with Gasteiger partial charge in [0.2, 0.25) is 0 Å². The zero-order valence-corrected chi connectivity index (χ0v) is 9.18. The molecule has 0 saturated heterocycles. The average molecular weight is 219 g/mol. The maximum absolute atomic E-state index is 11.1. The molecule has 1 saturated carbocycles. The van der Waals surface area contributed by atoms with Crippen LogP contribution in [0.25, 0.3) is 0 Å². The van der Waals surface area contributed by atoms with Gasteiger partial charge >= 0.3 is 6.09 Å². The van der Waals surface area contributed by atoms with Gasteiger partial charge in [0, 0.05) is 11.3 Å². The van der Waals surface area contributed by atoms with E-state index in [1.807, 2.05) is 11.8 Å². The number of aliphatic hydroxyl groups excluding tert-OH is 1. The molecule has 0 aromatic heterocycles. The fraction of sp³-hybridized carbons (Fsp3) is 0.889. The highest BCUT2D eigenvalue weighted by Gasteiger charge is 2.25. The van der Waals surface area contributed by atoms with Gasteiger partial charge in [-0.15, -0.1) is 0 Å². The summed E-state index contributed by atoms with van der Waals surface area (Å²) in [5.74, 6) is 0. The van der Waals surface area contributed by atoms with Crippen LogP contribution in [-0.4, -0.2) is 42.0 Å². The summed E-state index contributed by atoms with van der Waals surface area (Å²) >= 11 is 1.85. The molecule has 1 amide bonds. The van der Waals surface area contributed by atoms with Crippen molar-refractivity contribution in [3.8, 4) is 0 Å². The maximum Gasteiger partial charge on any atom is 0.407 e. The van der Waals surface area contributed by atoms with E-state index in [9.17, 15) is 4.79 Å². The Morgan fingerprint density at radius 1 is 1.64 bits per heavy atom. The molecular formula is C9H17NO3S. The smallest absolute Gasteiger partial charge is 0.407 e. The van der Waals surface area contributed by atoms with E-state index in [2.05, 4.69) is 11.6 Å². The molecule has 2 unspecified atom stereocenters.